The molecule has 0 unspecified atom stereocenters. The number of hydrogen-bond acceptors (Lipinski definition) is 6. The molecule has 1 aliphatic heterocycles. The number of aromatic hydroxyl groups is 1. The van der Waals surface area contributed by atoms with Crippen LogP contribution in [0.3, 0.4) is 0 Å². The maximum Gasteiger partial charge on any atom is 0.499 e. The second-order valence-corrected chi connectivity index (χ2v) is 7.18. The van der Waals surface area contributed by atoms with E-state index in [1.807, 2.05) is 27.7 Å². The van der Waals surface area contributed by atoms with Gasteiger partial charge in [-0.15, -0.1) is 0 Å². The van der Waals surface area contributed by atoms with E-state index >= 15 is 0 Å². The van der Waals surface area contributed by atoms with Crippen molar-refractivity contribution in [2.24, 2.45) is 0 Å². The molecule has 1 saturated heterocycles. The second-order valence-electron chi connectivity index (χ2n) is 7.18. The number of carbonyl (C=O) groups excluding carboxylic acids is 1. The molecule has 0 spiro atoms. The standard InChI is InChI=1S/C17H22BNO6/c1-16(2)17(3,4)25-18(24-16)13-9(8-20)6-11-10(14(13)21)7-12(19-11)15(22)23-5/h6-7,19-21H,8H2,1-5H3. The first-order chi connectivity index (χ1) is 11.6. The van der Waals surface area contributed by atoms with E-state index in [4.69, 9.17) is 14.0 Å². The summed E-state index contributed by atoms with van der Waals surface area (Å²) >= 11 is 0. The van der Waals surface area contributed by atoms with Crippen molar-refractivity contribution in [2.45, 2.75) is 45.5 Å². The molecule has 0 bridgehead atoms. The number of methoxy groups -OCH3 is 1. The van der Waals surface area contributed by atoms with E-state index in [9.17, 15) is 15.0 Å². The summed E-state index contributed by atoms with van der Waals surface area (Å²) in [5.41, 5.74) is 0.387. The third-order valence-electron chi connectivity index (χ3n) is 5.09. The predicted molar refractivity (Wildman–Crippen MR) is 92.9 cm³/mol. The number of rotatable bonds is 3. The summed E-state index contributed by atoms with van der Waals surface area (Å²) in [6.45, 7) is 7.33. The van der Waals surface area contributed by atoms with Gasteiger partial charge in [-0.25, -0.2) is 4.79 Å². The van der Waals surface area contributed by atoms with Crippen LogP contribution in [-0.2, 0) is 20.7 Å². The fraction of sp³-hybridized carbons (Fsp3) is 0.471. The summed E-state index contributed by atoms with van der Waals surface area (Å²) in [6, 6.07) is 3.17. The highest BCUT2D eigenvalue weighted by molar-refractivity contribution is 6.64. The lowest BCUT2D eigenvalue weighted by Crippen LogP contribution is -2.41. The molecular weight excluding hydrogens is 325 g/mol. The molecule has 25 heavy (non-hydrogen) atoms. The minimum atomic E-state index is -0.826. The fourth-order valence-electron chi connectivity index (χ4n) is 2.90. The Bertz CT molecular complexity index is 825. The second kappa shape index (κ2) is 5.76. The van der Waals surface area contributed by atoms with Crippen LogP contribution in [0.5, 0.6) is 5.75 Å². The molecule has 134 valence electrons. The number of hydrogen-bond donors (Lipinski definition) is 3. The number of aliphatic hydroxyl groups excluding tert-OH is 1. The summed E-state index contributed by atoms with van der Waals surface area (Å²) in [5.74, 6) is -0.634. The van der Waals surface area contributed by atoms with E-state index < -0.39 is 24.3 Å². The Morgan fingerprint density at radius 2 is 1.84 bits per heavy atom. The molecular formula is C17H22BNO6. The number of fused-ring (bicyclic) bond motifs is 1. The van der Waals surface area contributed by atoms with Gasteiger partial charge in [-0.2, -0.15) is 0 Å². The molecule has 0 aliphatic carbocycles. The van der Waals surface area contributed by atoms with Gasteiger partial charge in [0.15, 0.2) is 0 Å². The van der Waals surface area contributed by atoms with Crippen LogP contribution in [0, 0.1) is 0 Å². The molecule has 1 aromatic carbocycles. The van der Waals surface area contributed by atoms with Crippen LogP contribution < -0.4 is 5.46 Å². The number of aliphatic hydroxyl groups is 1. The normalized spacial score (nSPS) is 18.7. The molecule has 2 aromatic rings. The van der Waals surface area contributed by atoms with Crippen LogP contribution in [0.1, 0.15) is 43.7 Å². The van der Waals surface area contributed by atoms with E-state index in [2.05, 4.69) is 4.98 Å². The number of aromatic amines is 1. The third kappa shape index (κ3) is 2.70. The monoisotopic (exact) mass is 347 g/mol. The smallest absolute Gasteiger partial charge is 0.499 e. The van der Waals surface area contributed by atoms with Crippen LogP contribution in [0.25, 0.3) is 10.9 Å². The van der Waals surface area contributed by atoms with Gasteiger partial charge in [0, 0.05) is 10.8 Å². The van der Waals surface area contributed by atoms with Crippen molar-refractivity contribution in [1.82, 2.24) is 4.98 Å². The number of nitrogens with one attached hydrogen (secondary N) is 1. The summed E-state index contributed by atoms with van der Waals surface area (Å²) in [5, 5.41) is 21.0. The Morgan fingerprint density at radius 1 is 1.24 bits per heavy atom. The van der Waals surface area contributed by atoms with E-state index in [-0.39, 0.29) is 18.1 Å². The Balaban J connectivity index is 2.15. The molecule has 1 aliphatic rings. The molecule has 1 aromatic heterocycles. The first-order valence-electron chi connectivity index (χ1n) is 8.03. The van der Waals surface area contributed by atoms with Crippen LogP contribution in [-0.4, -0.2) is 46.6 Å². The number of H-pyrrole nitrogens is 1. The van der Waals surface area contributed by atoms with E-state index in [1.165, 1.54) is 13.2 Å². The van der Waals surface area contributed by atoms with Gasteiger partial charge in [-0.3, -0.25) is 0 Å². The highest BCUT2D eigenvalue weighted by atomic mass is 16.7. The topological polar surface area (TPSA) is 101 Å². The molecule has 0 saturated carbocycles. The lowest BCUT2D eigenvalue weighted by Gasteiger charge is -2.32. The summed E-state index contributed by atoms with van der Waals surface area (Å²) < 4.78 is 16.7. The average molecular weight is 347 g/mol. The predicted octanol–water partition coefficient (Wildman–Crippen LogP) is 1.45. The molecule has 1 fully saturated rings. The molecule has 3 N–H and O–H groups in total. The van der Waals surface area contributed by atoms with Crippen LogP contribution in [0.15, 0.2) is 12.1 Å². The number of benzene rings is 1. The zero-order chi connectivity index (χ0) is 18.6. The molecule has 8 heteroatoms. The molecule has 3 rings (SSSR count). The number of phenols is 1. The van der Waals surface area contributed by atoms with Crippen molar-refractivity contribution in [3.63, 3.8) is 0 Å². The maximum atomic E-state index is 11.7. The lowest BCUT2D eigenvalue weighted by atomic mass is 9.74. The maximum absolute atomic E-state index is 11.7. The lowest BCUT2D eigenvalue weighted by molar-refractivity contribution is 0.00578. The molecule has 7 nitrogen and oxygen atoms in total. The van der Waals surface area contributed by atoms with Gasteiger partial charge >= 0.3 is 13.1 Å². The van der Waals surface area contributed by atoms with Gasteiger partial charge in [0.25, 0.3) is 0 Å². The largest absolute Gasteiger partial charge is 0.508 e. The summed E-state index contributed by atoms with van der Waals surface area (Å²) in [4.78, 5) is 14.6. The average Bonchev–Trinajstić information content (AvgIpc) is 3.05. The third-order valence-corrected chi connectivity index (χ3v) is 5.09. The number of esters is 1. The zero-order valence-corrected chi connectivity index (χ0v) is 15.0. The summed E-state index contributed by atoms with van der Waals surface area (Å²) in [7, 11) is 0.455. The Labute approximate surface area is 146 Å². The van der Waals surface area contributed by atoms with Crippen molar-refractivity contribution >= 4 is 29.5 Å². The quantitative estimate of drug-likeness (QED) is 0.574. The summed E-state index contributed by atoms with van der Waals surface area (Å²) in [6.07, 6.45) is 0. The zero-order valence-electron chi connectivity index (χ0n) is 15.0. The first-order valence-corrected chi connectivity index (χ1v) is 8.03. The van der Waals surface area contributed by atoms with Crippen molar-refractivity contribution in [3.8, 4) is 5.75 Å². The molecule has 2 heterocycles. The molecule has 0 radical (unpaired) electrons. The van der Waals surface area contributed by atoms with Gasteiger partial charge in [-0.05, 0) is 45.4 Å². The van der Waals surface area contributed by atoms with E-state index in [0.717, 1.165) is 0 Å². The van der Waals surface area contributed by atoms with Crippen LogP contribution >= 0.6 is 0 Å². The molecule has 0 amide bonds. The van der Waals surface area contributed by atoms with Gasteiger partial charge in [0.2, 0.25) is 0 Å². The minimum absolute atomic E-state index is 0.0912. The van der Waals surface area contributed by atoms with Gasteiger partial charge in [0.05, 0.1) is 30.4 Å². The van der Waals surface area contributed by atoms with Crippen molar-refractivity contribution < 1.29 is 29.1 Å². The van der Waals surface area contributed by atoms with E-state index in [0.29, 0.717) is 21.9 Å². The Hall–Kier alpha value is -2.03. The number of aromatic nitrogens is 1. The first kappa shape index (κ1) is 17.8. The minimum Gasteiger partial charge on any atom is -0.508 e. The molecule has 0 atom stereocenters. The fourth-order valence-corrected chi connectivity index (χ4v) is 2.90. The number of carbonyl (C=O) groups is 1. The van der Waals surface area contributed by atoms with Crippen molar-refractivity contribution in [2.75, 3.05) is 7.11 Å². The van der Waals surface area contributed by atoms with Crippen molar-refractivity contribution in [3.05, 3.63) is 23.4 Å². The SMILES string of the molecule is COC(=O)c1cc2c(O)c(B3OC(C)(C)C(C)(C)O3)c(CO)cc2[nH]1. The number of phenolic OH excluding ortho intramolecular Hbond substituents is 1. The van der Waals surface area contributed by atoms with Crippen LogP contribution in [0.4, 0.5) is 0 Å². The van der Waals surface area contributed by atoms with Crippen molar-refractivity contribution in [1.29, 1.82) is 0 Å². The Morgan fingerprint density at radius 3 is 2.36 bits per heavy atom. The highest BCUT2D eigenvalue weighted by Crippen LogP contribution is 2.38. The highest BCUT2D eigenvalue weighted by Gasteiger charge is 2.53. The van der Waals surface area contributed by atoms with E-state index in [1.54, 1.807) is 6.07 Å². The van der Waals surface area contributed by atoms with Gasteiger partial charge in [-0.1, -0.05) is 0 Å². The Kier molecular flexibility index (Phi) is 4.10. The van der Waals surface area contributed by atoms with Gasteiger partial charge < -0.3 is 29.2 Å². The van der Waals surface area contributed by atoms with Crippen LogP contribution in [0.2, 0.25) is 0 Å². The van der Waals surface area contributed by atoms with Gasteiger partial charge in [0.1, 0.15) is 11.4 Å². The number of ether oxygens (including phenoxy) is 1.